The summed E-state index contributed by atoms with van der Waals surface area (Å²) in [5.74, 6) is -0.306. The Kier molecular flexibility index (Phi) is 7.70. The molecule has 1 amide bonds. The van der Waals surface area contributed by atoms with Crippen molar-refractivity contribution in [3.8, 4) is 11.3 Å². The van der Waals surface area contributed by atoms with E-state index in [1.54, 1.807) is 12.1 Å². The molecule has 1 saturated heterocycles. The van der Waals surface area contributed by atoms with Crippen LogP contribution in [-0.2, 0) is 4.79 Å². The van der Waals surface area contributed by atoms with E-state index in [2.05, 4.69) is 10.2 Å². The number of piperazine rings is 1. The summed E-state index contributed by atoms with van der Waals surface area (Å²) in [6, 6.07) is 22.9. The molecule has 0 radical (unpaired) electrons. The zero-order valence-electron chi connectivity index (χ0n) is 20.8. The molecule has 4 aromatic rings. The Morgan fingerprint density at radius 2 is 1.63 bits per heavy atom. The minimum Gasteiger partial charge on any atom is -0.481 e. The number of amides is 1. The number of benzene rings is 3. The first-order chi connectivity index (χ1) is 18.5. The molecule has 0 saturated carbocycles. The molecule has 0 bridgehead atoms. The van der Waals surface area contributed by atoms with Crippen LogP contribution >= 0.6 is 11.6 Å². The second-order valence-corrected chi connectivity index (χ2v) is 9.61. The molecular formula is C29H28ClN5O3. The summed E-state index contributed by atoms with van der Waals surface area (Å²) in [5.41, 5.74) is 4.54. The number of halogens is 1. The van der Waals surface area contributed by atoms with Crippen LogP contribution in [0.15, 0.2) is 72.8 Å². The normalized spacial score (nSPS) is 13.5. The Balaban J connectivity index is 1.35. The van der Waals surface area contributed by atoms with E-state index >= 15 is 0 Å². The van der Waals surface area contributed by atoms with Crippen molar-refractivity contribution in [3.63, 3.8) is 0 Å². The molecule has 1 aliphatic rings. The van der Waals surface area contributed by atoms with Gasteiger partial charge in [-0.15, -0.1) is 0 Å². The van der Waals surface area contributed by atoms with Gasteiger partial charge < -0.3 is 20.2 Å². The van der Waals surface area contributed by atoms with E-state index in [9.17, 15) is 9.59 Å². The highest BCUT2D eigenvalue weighted by Gasteiger charge is 2.23. The molecule has 194 valence electrons. The summed E-state index contributed by atoms with van der Waals surface area (Å²) >= 11 is 6.01. The molecule has 0 unspecified atom stereocenters. The maximum atomic E-state index is 13.3. The number of nitrogens with one attached hydrogen (secondary N) is 1. The minimum atomic E-state index is -0.836. The van der Waals surface area contributed by atoms with Crippen LogP contribution in [0.1, 0.15) is 23.2 Å². The molecule has 0 atom stereocenters. The lowest BCUT2D eigenvalue weighted by Crippen LogP contribution is -2.48. The fraction of sp³-hybridized carbons (Fsp3) is 0.241. The molecule has 1 aliphatic heterocycles. The van der Waals surface area contributed by atoms with E-state index in [1.165, 1.54) is 0 Å². The summed E-state index contributed by atoms with van der Waals surface area (Å²) in [5, 5.41) is 12.9. The third-order valence-electron chi connectivity index (χ3n) is 6.58. The number of fused-ring (bicyclic) bond motifs is 1. The lowest BCUT2D eigenvalue weighted by atomic mass is 10.1. The summed E-state index contributed by atoms with van der Waals surface area (Å²) in [7, 11) is 0. The molecule has 8 nitrogen and oxygen atoms in total. The van der Waals surface area contributed by atoms with Crippen molar-refractivity contribution in [1.82, 2.24) is 14.9 Å². The molecular weight excluding hydrogens is 502 g/mol. The van der Waals surface area contributed by atoms with E-state index in [-0.39, 0.29) is 12.3 Å². The SMILES string of the molecule is O=C(O)CCCNc1nc2cc(C(=O)N3CCN(c4ccc(Cl)cc4)CC3)ccc2nc1-c1ccccc1. The predicted molar refractivity (Wildman–Crippen MR) is 150 cm³/mol. The van der Waals surface area contributed by atoms with Crippen molar-refractivity contribution in [2.24, 2.45) is 0 Å². The number of carbonyl (C=O) groups excluding carboxylic acids is 1. The molecule has 38 heavy (non-hydrogen) atoms. The van der Waals surface area contributed by atoms with Crippen molar-refractivity contribution >= 4 is 46.0 Å². The zero-order chi connectivity index (χ0) is 26.5. The maximum absolute atomic E-state index is 13.3. The summed E-state index contributed by atoms with van der Waals surface area (Å²) in [6.45, 7) is 3.17. The van der Waals surface area contributed by atoms with Crippen molar-refractivity contribution in [1.29, 1.82) is 0 Å². The van der Waals surface area contributed by atoms with Crippen molar-refractivity contribution < 1.29 is 14.7 Å². The molecule has 5 rings (SSSR count). The quantitative estimate of drug-likeness (QED) is 0.303. The van der Waals surface area contributed by atoms with Crippen LogP contribution in [0.3, 0.4) is 0 Å². The smallest absolute Gasteiger partial charge is 0.303 e. The van der Waals surface area contributed by atoms with Crippen molar-refractivity contribution in [3.05, 3.63) is 83.4 Å². The number of carbonyl (C=O) groups is 2. The average molecular weight is 530 g/mol. The van der Waals surface area contributed by atoms with Gasteiger partial charge in [0.05, 0.1) is 11.0 Å². The van der Waals surface area contributed by atoms with Crippen LogP contribution in [0.4, 0.5) is 11.5 Å². The number of hydrogen-bond acceptors (Lipinski definition) is 6. The minimum absolute atomic E-state index is 0.0347. The van der Waals surface area contributed by atoms with Crippen LogP contribution in [-0.4, -0.2) is 64.6 Å². The average Bonchev–Trinajstić information content (AvgIpc) is 2.95. The first-order valence-electron chi connectivity index (χ1n) is 12.6. The molecule has 9 heteroatoms. The van der Waals surface area contributed by atoms with Crippen LogP contribution < -0.4 is 10.2 Å². The monoisotopic (exact) mass is 529 g/mol. The van der Waals surface area contributed by atoms with Gasteiger partial charge >= 0.3 is 5.97 Å². The number of anilines is 2. The second-order valence-electron chi connectivity index (χ2n) is 9.17. The second kappa shape index (κ2) is 11.5. The van der Waals surface area contributed by atoms with Gasteiger partial charge in [0.1, 0.15) is 5.69 Å². The fourth-order valence-corrected chi connectivity index (χ4v) is 4.68. The molecule has 1 fully saturated rings. The summed E-state index contributed by atoms with van der Waals surface area (Å²) in [6.07, 6.45) is 0.530. The van der Waals surface area contributed by atoms with Crippen LogP contribution in [0.2, 0.25) is 5.02 Å². The van der Waals surface area contributed by atoms with E-state index < -0.39 is 5.97 Å². The van der Waals surface area contributed by atoms with Gasteiger partial charge in [-0.05, 0) is 48.9 Å². The first kappa shape index (κ1) is 25.5. The molecule has 0 aliphatic carbocycles. The van der Waals surface area contributed by atoms with Gasteiger partial charge in [0.15, 0.2) is 5.82 Å². The van der Waals surface area contributed by atoms with E-state index in [0.717, 1.165) is 24.3 Å². The van der Waals surface area contributed by atoms with Crippen LogP contribution in [0.5, 0.6) is 0 Å². The highest BCUT2D eigenvalue weighted by Crippen LogP contribution is 2.28. The van der Waals surface area contributed by atoms with Gasteiger partial charge in [-0.1, -0.05) is 41.9 Å². The van der Waals surface area contributed by atoms with E-state index in [0.29, 0.717) is 59.2 Å². The van der Waals surface area contributed by atoms with Gasteiger partial charge in [0.25, 0.3) is 5.91 Å². The van der Waals surface area contributed by atoms with E-state index in [4.69, 9.17) is 26.7 Å². The van der Waals surface area contributed by atoms with E-state index in [1.807, 2.05) is 65.6 Å². The molecule has 1 aromatic heterocycles. The number of hydrogen-bond donors (Lipinski definition) is 2. The van der Waals surface area contributed by atoms with Gasteiger partial charge in [0, 0.05) is 61.0 Å². The predicted octanol–water partition coefficient (Wildman–Crippen LogP) is 5.19. The third kappa shape index (κ3) is 5.86. The maximum Gasteiger partial charge on any atom is 0.303 e. The van der Waals surface area contributed by atoms with Crippen LogP contribution in [0.25, 0.3) is 22.3 Å². The molecule has 3 aromatic carbocycles. The Bertz CT molecular complexity index is 1440. The Morgan fingerprint density at radius 1 is 0.895 bits per heavy atom. The lowest BCUT2D eigenvalue weighted by Gasteiger charge is -2.36. The zero-order valence-corrected chi connectivity index (χ0v) is 21.6. The first-order valence-corrected chi connectivity index (χ1v) is 13.0. The topological polar surface area (TPSA) is 98.7 Å². The van der Waals surface area contributed by atoms with Gasteiger partial charge in [0.2, 0.25) is 0 Å². The largest absolute Gasteiger partial charge is 0.481 e. The Morgan fingerprint density at radius 3 is 2.34 bits per heavy atom. The number of carboxylic acids is 1. The number of nitrogens with zero attached hydrogens (tertiary/aromatic N) is 4. The number of carboxylic acid groups (broad SMARTS) is 1. The number of aliphatic carboxylic acids is 1. The van der Waals surface area contributed by atoms with Gasteiger partial charge in [-0.2, -0.15) is 0 Å². The Labute approximate surface area is 225 Å². The fourth-order valence-electron chi connectivity index (χ4n) is 4.56. The molecule has 0 spiro atoms. The lowest BCUT2D eigenvalue weighted by molar-refractivity contribution is -0.137. The highest BCUT2D eigenvalue weighted by molar-refractivity contribution is 6.30. The summed E-state index contributed by atoms with van der Waals surface area (Å²) < 4.78 is 0. The van der Waals surface area contributed by atoms with Crippen LogP contribution in [0, 0.1) is 0 Å². The number of aromatic nitrogens is 2. The molecule has 2 N–H and O–H groups in total. The standard InChI is InChI=1S/C29H28ClN5O3/c30-22-9-11-23(12-10-22)34-15-17-35(18-16-34)29(38)21-8-13-24-25(19-21)33-28(31-14-4-7-26(36)37)27(32-24)20-5-2-1-3-6-20/h1-3,5-6,8-13,19H,4,7,14-18H2,(H,31,33)(H,36,37). The molecule has 2 heterocycles. The summed E-state index contributed by atoms with van der Waals surface area (Å²) in [4.78, 5) is 38.0. The highest BCUT2D eigenvalue weighted by atomic mass is 35.5. The number of rotatable bonds is 8. The third-order valence-corrected chi connectivity index (χ3v) is 6.83. The van der Waals surface area contributed by atoms with Gasteiger partial charge in [-0.25, -0.2) is 9.97 Å². The van der Waals surface area contributed by atoms with Gasteiger partial charge in [-0.3, -0.25) is 9.59 Å². The van der Waals surface area contributed by atoms with Crippen molar-refractivity contribution in [2.75, 3.05) is 42.9 Å². The van der Waals surface area contributed by atoms with Crippen molar-refractivity contribution in [2.45, 2.75) is 12.8 Å². The Hall–Kier alpha value is -4.17.